The molecule has 24 heterocycles. The molecule has 15 nitrogen and oxygen atoms in total. The van der Waals surface area contributed by atoms with Crippen molar-refractivity contribution in [3.63, 3.8) is 0 Å². The van der Waals surface area contributed by atoms with Crippen molar-refractivity contribution in [2.45, 2.75) is 0 Å². The predicted octanol–water partition coefficient (Wildman–Crippen LogP) is 1.55. The molecule has 0 radical (unpaired) electrons. The molecule has 0 saturated carbocycles. The normalized spacial score (nSPS) is 19.1. The Hall–Kier alpha value is -11.9. The van der Waals surface area contributed by atoms with Crippen LogP contribution in [0.15, 0.2) is 91.0 Å². The lowest BCUT2D eigenvalue weighted by atomic mass is 9.17. The van der Waals surface area contributed by atoms with Crippen molar-refractivity contribution in [1.82, 2.24) is 0 Å². The first kappa shape index (κ1) is 46.5. The maximum atomic E-state index is 3.08. The summed E-state index contributed by atoms with van der Waals surface area (Å²) < 4.78 is 0. The fourth-order valence-corrected chi connectivity index (χ4v) is 29.3. The van der Waals surface area contributed by atoms with Crippen molar-refractivity contribution in [3.05, 3.63) is 91.0 Å². The summed E-state index contributed by atoms with van der Waals surface area (Å²) >= 11 is 0. The van der Waals surface area contributed by atoms with Crippen LogP contribution in [-0.2, 0) is 0 Å². The molecule has 24 aliphatic heterocycles. The van der Waals surface area contributed by atoms with Crippen LogP contribution in [0.1, 0.15) is 0 Å². The van der Waals surface area contributed by atoms with Gasteiger partial charge >= 0.3 is 0 Å². The van der Waals surface area contributed by atoms with Gasteiger partial charge in [-0.25, -0.2) is 0 Å². The maximum Gasteiger partial charge on any atom is 0.257 e. The molecule has 22 heteroatoms. The highest BCUT2D eigenvalue weighted by Crippen LogP contribution is 2.69. The Kier molecular flexibility index (Phi) is 5.60. The van der Waals surface area contributed by atoms with Crippen molar-refractivity contribution < 1.29 is 0 Å². The molecule has 36 rings (SSSR count). The monoisotopic (exact) mass is 1300 g/mol. The summed E-state index contributed by atoms with van der Waals surface area (Å²) in [5, 5.41) is 0. The van der Waals surface area contributed by atoms with E-state index in [9.17, 15) is 0 Å². The summed E-state index contributed by atoms with van der Waals surface area (Å²) in [6.07, 6.45) is 0. The van der Waals surface area contributed by atoms with E-state index >= 15 is 0 Å². The molecular weight excluding hydrogens is 1260 g/mol. The van der Waals surface area contributed by atoms with Gasteiger partial charge in [-0.15, -0.1) is 0 Å². The molecule has 0 bridgehead atoms. The first-order valence-electron chi connectivity index (χ1n) is 37.3. The average Bonchev–Trinajstić information content (AvgIpc) is 0.604. The zero-order valence-corrected chi connectivity index (χ0v) is 56.9. The summed E-state index contributed by atoms with van der Waals surface area (Å²) in [5.41, 5.74) is 81.2. The van der Waals surface area contributed by atoms with Gasteiger partial charge in [-0.05, 0) is 206 Å². The van der Waals surface area contributed by atoms with Crippen molar-refractivity contribution in [1.29, 1.82) is 0 Å². The Bertz CT molecular complexity index is 6230. The summed E-state index contributed by atoms with van der Waals surface area (Å²) in [7, 11) is 21.6. The highest BCUT2D eigenvalue weighted by molar-refractivity contribution is 7.18. The van der Waals surface area contributed by atoms with Crippen molar-refractivity contribution >= 4 is 366 Å². The second-order valence-electron chi connectivity index (χ2n) is 34.4. The first-order chi connectivity index (χ1) is 50.5. The van der Waals surface area contributed by atoms with Gasteiger partial charge in [-0.1, -0.05) is 0 Å². The fraction of sp³-hybridized carbons (Fsp3) is 0.111. The van der Waals surface area contributed by atoms with Crippen LogP contribution in [0, 0.1) is 0 Å². The molecule has 0 N–H and O–H groups in total. The minimum absolute atomic E-state index is 0.0282. The number of anilines is 36. The molecule has 0 aliphatic carbocycles. The highest BCUT2D eigenvalue weighted by atomic mass is 15.4. The van der Waals surface area contributed by atoms with E-state index < -0.39 is 0 Å². The van der Waals surface area contributed by atoms with E-state index in [1.54, 1.807) is 16.4 Å². The van der Waals surface area contributed by atoms with Crippen molar-refractivity contribution in [2.75, 3.05) is 137 Å². The lowest BCUT2D eigenvalue weighted by Crippen LogP contribution is -2.84. The van der Waals surface area contributed by atoms with Gasteiger partial charge in [0.1, 0.15) is 0 Å². The average molecular weight is 1300 g/mol. The lowest BCUT2D eigenvalue weighted by Gasteiger charge is -2.66. The van der Waals surface area contributed by atoms with Crippen LogP contribution in [0.3, 0.4) is 0 Å². The van der Waals surface area contributed by atoms with Crippen molar-refractivity contribution in [2.24, 2.45) is 0 Å². The van der Waals surface area contributed by atoms with Crippen LogP contribution in [0.5, 0.6) is 0 Å². The quantitative estimate of drug-likeness (QED) is 0.207. The van der Waals surface area contributed by atoms with Gasteiger partial charge in [0, 0.05) is 200 Å². The molecular formula is C81H42B7N15. The number of nitrogens with zero attached hydrogens (tertiary/aromatic N) is 15. The van der Waals surface area contributed by atoms with Gasteiger partial charge in [0.25, 0.3) is 47.0 Å². The van der Waals surface area contributed by atoms with Gasteiger partial charge in [-0.2, -0.15) is 0 Å². The van der Waals surface area contributed by atoms with E-state index in [-0.39, 0.29) is 47.0 Å². The smallest absolute Gasteiger partial charge is 0.257 e. The molecule has 0 unspecified atom stereocenters. The standard InChI is InChI=1S/C81H42B7N15/c1-89-25-10-16-31-64-43(25)82-49-37(89)22-38-50-70(49)101-76-55(82)73-56-78-61(76)88-62-77(101)57-74-58-79(62)103-72-53-41(92(4)28-13-19-34-67(46(28)85(53)58)99(74)66-33(96(34)8)17-11-26(90(38)2)44(66)83(50)57)24-42-54(72)87-48-30(94(42)6)15-21-36-69(48)100-68-35(97(36)9)20-14-29-47(68)86-52-40(93(29)5)23-39-51(71(52)102(78)80-59(86)75(100)60(87)81(103)63(80)88)84(56)45-27(91(39)3)12-18-32(95(31)7)65(45)98(64)73/h10-24H,1-9H3. The molecule has 0 aromatic heterocycles. The van der Waals surface area contributed by atoms with Gasteiger partial charge in [0.05, 0.1) is 68.2 Å². The molecule has 0 fully saturated rings. The minimum atomic E-state index is -0.0890. The van der Waals surface area contributed by atoms with E-state index in [1.165, 1.54) is 303 Å². The Morgan fingerprint density at radius 1 is 0.136 bits per heavy atom. The number of benzene rings is 12. The summed E-state index contributed by atoms with van der Waals surface area (Å²) in [6.45, 7) is -0.258. The molecule has 0 spiro atoms. The van der Waals surface area contributed by atoms with Crippen LogP contribution < -0.4 is 188 Å². The van der Waals surface area contributed by atoms with Gasteiger partial charge < -0.3 is 73.5 Å². The largest absolute Gasteiger partial charge is 0.345 e. The number of hydrogen-bond donors (Lipinski definition) is 0. The SMILES string of the molecule is CN1c2ccc3c4c2B2c5c1cc1c6c5N5c7c2c2c8c9c7B7c%10c5c5c%11c%12c%10N%10c%13c%14c(cc%15c%13B%13c%16c(ccc%17c%16N%16c%18c(ccc%19c%18B%18c%20c(cc%21c(c%20N9c9c%18c%16c%13c%10c97)B8c7c(ccc(c7N42)N3C)N%21C)N%19C)N%17C)N%15C)N(C)c2ccc3c(c2B%14%12)N%11c2c(ccc(c2B65)N1C)N3C. The Morgan fingerprint density at radius 2 is 0.252 bits per heavy atom. The Balaban J connectivity index is 0.835. The molecule has 24 aliphatic rings. The number of rotatable bonds is 0. The van der Waals surface area contributed by atoms with Gasteiger partial charge in [-0.3, -0.25) is 0 Å². The van der Waals surface area contributed by atoms with E-state index in [0.29, 0.717) is 0 Å². The molecule has 0 saturated heterocycles. The van der Waals surface area contributed by atoms with E-state index in [1.807, 2.05) is 0 Å². The predicted molar refractivity (Wildman–Crippen MR) is 433 cm³/mol. The van der Waals surface area contributed by atoms with Crippen LogP contribution in [-0.4, -0.2) is 110 Å². The second kappa shape index (κ2) is 12.4. The summed E-state index contributed by atoms with van der Waals surface area (Å²) in [6, 6.07) is 38.1. The molecule has 462 valence electrons. The molecule has 103 heavy (non-hydrogen) atoms. The minimum Gasteiger partial charge on any atom is -0.345 e. The maximum absolute atomic E-state index is 3.08. The van der Waals surface area contributed by atoms with Crippen molar-refractivity contribution in [3.8, 4) is 0 Å². The second-order valence-corrected chi connectivity index (χ2v) is 34.4. The van der Waals surface area contributed by atoms with E-state index in [4.69, 9.17) is 0 Å². The summed E-state index contributed by atoms with van der Waals surface area (Å²) in [4.78, 5) is 41.7. The van der Waals surface area contributed by atoms with Crippen LogP contribution in [0.4, 0.5) is 205 Å². The Labute approximate surface area is 590 Å². The summed E-state index contributed by atoms with van der Waals surface area (Å²) in [5.74, 6) is 0. The van der Waals surface area contributed by atoms with Crippen LogP contribution in [0.2, 0.25) is 0 Å². The zero-order chi connectivity index (χ0) is 65.2. The van der Waals surface area contributed by atoms with Crippen LogP contribution in [0.25, 0.3) is 0 Å². The Morgan fingerprint density at radius 3 is 0.427 bits per heavy atom. The number of hydrogen-bond acceptors (Lipinski definition) is 15. The fourth-order valence-electron chi connectivity index (χ4n) is 29.3. The van der Waals surface area contributed by atoms with Gasteiger partial charge in [0.2, 0.25) is 0 Å². The van der Waals surface area contributed by atoms with Crippen LogP contribution >= 0.6 is 0 Å². The third-order valence-corrected chi connectivity index (χ3v) is 32.2. The molecule has 12 aromatic carbocycles. The van der Waals surface area contributed by atoms with E-state index in [2.05, 4.69) is 228 Å². The third-order valence-electron chi connectivity index (χ3n) is 32.2. The molecule has 12 aromatic rings. The molecule has 0 atom stereocenters. The first-order valence-corrected chi connectivity index (χ1v) is 37.3. The highest BCUT2D eigenvalue weighted by Gasteiger charge is 2.73. The van der Waals surface area contributed by atoms with E-state index in [0.717, 1.165) is 0 Å². The van der Waals surface area contributed by atoms with Gasteiger partial charge in [0.15, 0.2) is 0 Å². The zero-order valence-electron chi connectivity index (χ0n) is 56.9. The topological polar surface area (TPSA) is 48.6 Å². The third kappa shape index (κ3) is 3.45. The molecule has 0 amide bonds. The lowest BCUT2D eigenvalue weighted by molar-refractivity contribution is 1.09.